The number of halogens is 2. The monoisotopic (exact) mass is 564 g/mol. The highest BCUT2D eigenvalue weighted by atomic mass is 35.5. The average molecular weight is 566 g/mol. The van der Waals surface area contributed by atoms with Gasteiger partial charge in [-0.3, -0.25) is 14.4 Å². The van der Waals surface area contributed by atoms with Crippen LogP contribution < -0.4 is 4.90 Å². The second-order valence-corrected chi connectivity index (χ2v) is 12.5. The maximum absolute atomic E-state index is 13.4. The molecule has 0 aliphatic heterocycles. The highest BCUT2D eigenvalue weighted by Gasteiger charge is 2.22. The minimum atomic E-state index is -3.52. The SMILES string of the molecule is Cc1cc(C)n(CCN(C(=O)CCCS(=O)(=O)c2ccc(Cl)cc2)c2nc3c(C)c(Cl)ccc3s2)n1. The number of thiazole rings is 1. The van der Waals surface area contributed by atoms with Crippen molar-refractivity contribution in [1.29, 1.82) is 0 Å². The first kappa shape index (κ1) is 26.6. The highest BCUT2D eigenvalue weighted by molar-refractivity contribution is 7.91. The Hall–Kier alpha value is -2.46. The minimum absolute atomic E-state index is 0.0690. The molecular weight excluding hydrogens is 539 g/mol. The van der Waals surface area contributed by atoms with Crippen molar-refractivity contribution in [1.82, 2.24) is 14.8 Å². The van der Waals surface area contributed by atoms with Gasteiger partial charge in [0.15, 0.2) is 15.0 Å². The van der Waals surface area contributed by atoms with Gasteiger partial charge in [0.2, 0.25) is 5.91 Å². The summed E-state index contributed by atoms with van der Waals surface area (Å²) in [5, 5.41) is 6.14. The number of hydrogen-bond acceptors (Lipinski definition) is 6. The lowest BCUT2D eigenvalue weighted by atomic mass is 10.2. The zero-order valence-corrected chi connectivity index (χ0v) is 23.3. The summed E-state index contributed by atoms with van der Waals surface area (Å²) in [6, 6.07) is 11.8. The fourth-order valence-corrected chi connectivity index (χ4v) is 6.59. The number of fused-ring (bicyclic) bond motifs is 1. The van der Waals surface area contributed by atoms with Gasteiger partial charge in [-0.05, 0) is 75.2 Å². The number of rotatable bonds is 9. The topological polar surface area (TPSA) is 85.2 Å². The van der Waals surface area contributed by atoms with Gasteiger partial charge in [-0.25, -0.2) is 13.4 Å². The number of carbonyl (C=O) groups excluding carboxylic acids is 1. The summed E-state index contributed by atoms with van der Waals surface area (Å²) in [6.45, 7) is 6.64. The summed E-state index contributed by atoms with van der Waals surface area (Å²) in [6.07, 6.45) is 0.259. The van der Waals surface area contributed by atoms with Crippen molar-refractivity contribution in [2.45, 2.75) is 45.1 Å². The van der Waals surface area contributed by atoms with E-state index < -0.39 is 9.84 Å². The Labute approximate surface area is 224 Å². The summed E-state index contributed by atoms with van der Waals surface area (Å²) in [5.74, 6) is -0.328. The third-order valence-corrected chi connectivity index (χ3v) is 9.41. The van der Waals surface area contributed by atoms with E-state index in [0.29, 0.717) is 28.3 Å². The van der Waals surface area contributed by atoms with Gasteiger partial charge in [0.25, 0.3) is 0 Å². The minimum Gasteiger partial charge on any atom is -0.286 e. The molecule has 0 saturated heterocycles. The Balaban J connectivity index is 1.53. The Kier molecular flexibility index (Phi) is 8.04. The van der Waals surface area contributed by atoms with Crippen LogP contribution in [-0.2, 0) is 21.2 Å². The molecule has 0 saturated carbocycles. The van der Waals surface area contributed by atoms with E-state index in [2.05, 4.69) is 5.10 Å². The molecule has 7 nitrogen and oxygen atoms in total. The van der Waals surface area contributed by atoms with E-state index in [1.807, 2.05) is 43.7 Å². The molecule has 4 rings (SSSR count). The third kappa shape index (κ3) is 5.91. The van der Waals surface area contributed by atoms with E-state index in [0.717, 1.165) is 27.2 Å². The molecule has 4 aromatic rings. The average Bonchev–Trinajstić information content (AvgIpc) is 3.39. The van der Waals surface area contributed by atoms with Gasteiger partial charge in [0, 0.05) is 28.7 Å². The number of carbonyl (C=O) groups is 1. The van der Waals surface area contributed by atoms with Crippen LogP contribution in [0.15, 0.2) is 47.4 Å². The molecule has 2 aromatic heterocycles. The van der Waals surface area contributed by atoms with E-state index >= 15 is 0 Å². The van der Waals surface area contributed by atoms with Crippen LogP contribution in [0.2, 0.25) is 10.0 Å². The molecule has 0 aliphatic carbocycles. The number of hydrogen-bond donors (Lipinski definition) is 0. The molecule has 0 radical (unpaired) electrons. The van der Waals surface area contributed by atoms with Gasteiger partial charge in [-0.15, -0.1) is 0 Å². The van der Waals surface area contributed by atoms with Gasteiger partial charge < -0.3 is 0 Å². The lowest BCUT2D eigenvalue weighted by Crippen LogP contribution is -2.34. The van der Waals surface area contributed by atoms with E-state index in [4.69, 9.17) is 28.2 Å². The number of nitrogens with zero attached hydrogens (tertiary/aromatic N) is 4. The Bertz CT molecular complexity index is 1510. The summed E-state index contributed by atoms with van der Waals surface area (Å²) >= 11 is 13.6. The molecule has 0 fully saturated rings. The van der Waals surface area contributed by atoms with Crippen LogP contribution in [0.4, 0.5) is 5.13 Å². The molecule has 0 bridgehead atoms. The molecule has 0 N–H and O–H groups in total. The standard InChI is InChI=1S/C25H26Cl2N4O3S2/c1-16-15-17(2)31(29-16)13-12-30(25-28-24-18(3)21(27)10-11-22(24)35-25)23(32)5-4-14-36(33,34)20-8-6-19(26)7-9-20/h6-11,15H,4-5,12-14H2,1-3H3. The normalized spacial score (nSPS) is 11.8. The fraction of sp³-hybridized carbons (Fsp3) is 0.320. The van der Waals surface area contributed by atoms with Gasteiger partial charge in [-0.1, -0.05) is 34.5 Å². The zero-order valence-electron chi connectivity index (χ0n) is 20.2. The molecule has 190 valence electrons. The van der Waals surface area contributed by atoms with Crippen molar-refractivity contribution in [2.24, 2.45) is 0 Å². The zero-order chi connectivity index (χ0) is 26.0. The Morgan fingerprint density at radius 3 is 2.47 bits per heavy atom. The molecule has 0 unspecified atom stereocenters. The summed E-state index contributed by atoms with van der Waals surface area (Å²) in [5.41, 5.74) is 3.53. The van der Waals surface area contributed by atoms with Crippen LogP contribution in [0, 0.1) is 20.8 Å². The van der Waals surface area contributed by atoms with Gasteiger partial charge in [0.05, 0.1) is 33.1 Å². The molecule has 0 spiro atoms. The lowest BCUT2D eigenvalue weighted by Gasteiger charge is -2.20. The largest absolute Gasteiger partial charge is 0.286 e. The molecular formula is C25H26Cl2N4O3S2. The van der Waals surface area contributed by atoms with Crippen molar-refractivity contribution in [3.05, 3.63) is 69.5 Å². The number of sulfone groups is 1. The number of anilines is 1. The molecule has 11 heteroatoms. The molecule has 2 aromatic carbocycles. The summed E-state index contributed by atoms with van der Waals surface area (Å²) in [7, 11) is -3.52. The van der Waals surface area contributed by atoms with E-state index in [1.165, 1.54) is 23.5 Å². The smallest absolute Gasteiger partial charge is 0.228 e. The van der Waals surface area contributed by atoms with Crippen LogP contribution in [0.3, 0.4) is 0 Å². The number of aromatic nitrogens is 3. The van der Waals surface area contributed by atoms with Crippen molar-refractivity contribution in [2.75, 3.05) is 17.2 Å². The number of benzene rings is 2. The predicted molar refractivity (Wildman–Crippen MR) is 146 cm³/mol. The molecule has 1 amide bonds. The first-order valence-electron chi connectivity index (χ1n) is 11.4. The van der Waals surface area contributed by atoms with E-state index in [9.17, 15) is 13.2 Å². The van der Waals surface area contributed by atoms with Crippen LogP contribution in [-0.4, -0.2) is 41.4 Å². The highest BCUT2D eigenvalue weighted by Crippen LogP contribution is 2.34. The van der Waals surface area contributed by atoms with Gasteiger partial charge in [0.1, 0.15) is 0 Å². The second kappa shape index (κ2) is 10.9. The Morgan fingerprint density at radius 1 is 1.08 bits per heavy atom. The number of aryl methyl sites for hydroxylation is 3. The van der Waals surface area contributed by atoms with E-state index in [-0.39, 0.29) is 29.4 Å². The summed E-state index contributed by atoms with van der Waals surface area (Å²) in [4.78, 5) is 19.9. The van der Waals surface area contributed by atoms with Crippen molar-refractivity contribution in [3.63, 3.8) is 0 Å². The second-order valence-electron chi connectivity index (χ2n) is 8.59. The van der Waals surface area contributed by atoms with Crippen molar-refractivity contribution >= 4 is 65.6 Å². The first-order chi connectivity index (χ1) is 17.0. The van der Waals surface area contributed by atoms with Crippen molar-refractivity contribution < 1.29 is 13.2 Å². The number of amides is 1. The molecule has 0 aliphatic rings. The van der Waals surface area contributed by atoms with Crippen LogP contribution in [0.25, 0.3) is 10.2 Å². The van der Waals surface area contributed by atoms with Gasteiger partial charge in [-0.2, -0.15) is 5.10 Å². The molecule has 36 heavy (non-hydrogen) atoms. The van der Waals surface area contributed by atoms with Gasteiger partial charge >= 0.3 is 0 Å². The third-order valence-electron chi connectivity index (χ3n) is 5.88. The molecule has 2 heterocycles. The van der Waals surface area contributed by atoms with Crippen LogP contribution in [0.1, 0.15) is 29.8 Å². The summed E-state index contributed by atoms with van der Waals surface area (Å²) < 4.78 is 28.2. The maximum Gasteiger partial charge on any atom is 0.228 e. The quantitative estimate of drug-likeness (QED) is 0.248. The van der Waals surface area contributed by atoms with E-state index in [1.54, 1.807) is 17.0 Å². The Morgan fingerprint density at radius 2 is 1.81 bits per heavy atom. The lowest BCUT2D eigenvalue weighted by molar-refractivity contribution is -0.118. The predicted octanol–water partition coefficient (Wildman–Crippen LogP) is 6.01. The first-order valence-corrected chi connectivity index (χ1v) is 14.6. The van der Waals surface area contributed by atoms with Crippen LogP contribution in [0.5, 0.6) is 0 Å². The molecule has 0 atom stereocenters. The maximum atomic E-state index is 13.4. The van der Waals surface area contributed by atoms with Crippen molar-refractivity contribution in [3.8, 4) is 0 Å². The fourth-order valence-electron chi connectivity index (χ4n) is 3.94. The van der Waals surface area contributed by atoms with Crippen LogP contribution >= 0.6 is 34.5 Å².